The normalized spacial score (nSPS) is 21.7. The molecule has 0 saturated carbocycles. The van der Waals surface area contributed by atoms with Crippen molar-refractivity contribution >= 4 is 33.5 Å². The molecule has 180 valence electrons. The first-order chi connectivity index (χ1) is 15.7. The Morgan fingerprint density at radius 1 is 1.18 bits per heavy atom. The maximum atomic E-state index is 12.3. The van der Waals surface area contributed by atoms with E-state index >= 15 is 0 Å². The number of thiophene rings is 1. The summed E-state index contributed by atoms with van der Waals surface area (Å²) in [6, 6.07) is 2.29. The van der Waals surface area contributed by atoms with E-state index in [1.54, 1.807) is 17.7 Å². The van der Waals surface area contributed by atoms with Crippen molar-refractivity contribution in [3.63, 3.8) is 0 Å². The molecular weight excluding hydrogens is 434 g/mol. The maximum absolute atomic E-state index is 12.3. The number of piperidine rings is 1. The van der Waals surface area contributed by atoms with Gasteiger partial charge in [0.25, 0.3) is 0 Å². The zero-order valence-corrected chi connectivity index (χ0v) is 21.3. The molecule has 7 nitrogen and oxygen atoms in total. The van der Waals surface area contributed by atoms with Crippen LogP contribution in [0.1, 0.15) is 51.8 Å². The van der Waals surface area contributed by atoms with Gasteiger partial charge in [0, 0.05) is 56.1 Å². The van der Waals surface area contributed by atoms with E-state index in [0.29, 0.717) is 11.3 Å². The Kier molecular flexibility index (Phi) is 6.02. The van der Waals surface area contributed by atoms with Gasteiger partial charge in [-0.3, -0.25) is 0 Å². The number of hydrogen-bond donors (Lipinski definition) is 0. The summed E-state index contributed by atoms with van der Waals surface area (Å²) in [5, 5.41) is 1.23. The number of hydrogen-bond acceptors (Lipinski definition) is 7. The number of nitrogens with zero attached hydrogens (tertiary/aromatic N) is 5. The van der Waals surface area contributed by atoms with Gasteiger partial charge < -0.3 is 19.4 Å². The Bertz CT molecular complexity index is 1000. The van der Waals surface area contributed by atoms with Crippen molar-refractivity contribution in [2.75, 3.05) is 50.7 Å². The molecule has 3 saturated heterocycles. The Morgan fingerprint density at radius 2 is 1.94 bits per heavy atom. The van der Waals surface area contributed by atoms with Crippen LogP contribution < -0.4 is 4.90 Å². The van der Waals surface area contributed by atoms with Crippen LogP contribution >= 0.6 is 11.3 Å². The summed E-state index contributed by atoms with van der Waals surface area (Å²) in [6.07, 6.45) is 6.02. The van der Waals surface area contributed by atoms with E-state index in [-0.39, 0.29) is 6.09 Å². The van der Waals surface area contributed by atoms with Gasteiger partial charge in [-0.05, 0) is 58.4 Å². The van der Waals surface area contributed by atoms with Crippen LogP contribution in [0.25, 0.3) is 10.2 Å². The number of anilines is 1. The van der Waals surface area contributed by atoms with Crippen molar-refractivity contribution in [2.45, 2.75) is 59.0 Å². The van der Waals surface area contributed by atoms with E-state index in [9.17, 15) is 4.79 Å². The van der Waals surface area contributed by atoms with Gasteiger partial charge in [0.2, 0.25) is 0 Å². The summed E-state index contributed by atoms with van der Waals surface area (Å²) < 4.78 is 5.53. The van der Waals surface area contributed by atoms with Gasteiger partial charge in [0.1, 0.15) is 22.6 Å². The fraction of sp³-hybridized carbons (Fsp3) is 0.720. The van der Waals surface area contributed by atoms with Crippen LogP contribution in [0.2, 0.25) is 0 Å². The largest absolute Gasteiger partial charge is 0.444 e. The van der Waals surface area contributed by atoms with Gasteiger partial charge in [-0.25, -0.2) is 14.8 Å². The molecule has 1 spiro atoms. The van der Waals surface area contributed by atoms with Crippen LogP contribution in [0.15, 0.2) is 12.4 Å². The Labute approximate surface area is 201 Å². The molecule has 33 heavy (non-hydrogen) atoms. The molecule has 0 aromatic carbocycles. The van der Waals surface area contributed by atoms with E-state index in [2.05, 4.69) is 32.8 Å². The minimum atomic E-state index is -0.422. The fourth-order valence-electron chi connectivity index (χ4n) is 5.71. The molecule has 2 aromatic rings. The van der Waals surface area contributed by atoms with Crippen LogP contribution in [-0.2, 0) is 11.2 Å². The maximum Gasteiger partial charge on any atom is 0.410 e. The van der Waals surface area contributed by atoms with E-state index in [0.717, 1.165) is 62.6 Å². The third-order valence-electron chi connectivity index (χ3n) is 7.35. The van der Waals surface area contributed by atoms with Gasteiger partial charge in [-0.2, -0.15) is 0 Å². The van der Waals surface area contributed by atoms with Crippen molar-refractivity contribution in [3.8, 4) is 0 Å². The summed E-state index contributed by atoms with van der Waals surface area (Å²) in [4.78, 5) is 31.0. The number of carbonyl (C=O) groups is 1. The quantitative estimate of drug-likeness (QED) is 0.658. The molecular formula is C25H37N5O2S. The summed E-state index contributed by atoms with van der Waals surface area (Å²) in [6.45, 7) is 15.3. The van der Waals surface area contributed by atoms with E-state index < -0.39 is 5.60 Å². The zero-order chi connectivity index (χ0) is 23.2. The van der Waals surface area contributed by atoms with Gasteiger partial charge in [-0.1, -0.05) is 6.92 Å². The molecule has 0 bridgehead atoms. The van der Waals surface area contributed by atoms with Crippen LogP contribution in [0.4, 0.5) is 10.6 Å². The Hall–Kier alpha value is -1.93. The van der Waals surface area contributed by atoms with Crippen molar-refractivity contribution < 1.29 is 9.53 Å². The number of ether oxygens (including phenoxy) is 1. The van der Waals surface area contributed by atoms with Gasteiger partial charge in [0.05, 0.1) is 5.39 Å². The highest BCUT2D eigenvalue weighted by atomic mass is 32.1. The number of rotatable bonds is 4. The molecule has 0 atom stereocenters. The van der Waals surface area contributed by atoms with Gasteiger partial charge in [-0.15, -0.1) is 11.3 Å². The smallest absolute Gasteiger partial charge is 0.410 e. The lowest BCUT2D eigenvalue weighted by Gasteiger charge is -2.50. The molecule has 3 aliphatic rings. The molecule has 2 aromatic heterocycles. The predicted molar refractivity (Wildman–Crippen MR) is 133 cm³/mol. The van der Waals surface area contributed by atoms with Crippen molar-refractivity contribution in [2.24, 2.45) is 11.3 Å². The molecule has 3 fully saturated rings. The first-order valence-corrected chi connectivity index (χ1v) is 13.2. The molecule has 0 N–H and O–H groups in total. The van der Waals surface area contributed by atoms with Gasteiger partial charge >= 0.3 is 6.09 Å². The second-order valence-electron chi connectivity index (χ2n) is 11.2. The highest BCUT2D eigenvalue weighted by Gasteiger charge is 2.48. The third-order valence-corrected chi connectivity index (χ3v) is 8.53. The van der Waals surface area contributed by atoms with E-state index in [4.69, 9.17) is 4.74 Å². The van der Waals surface area contributed by atoms with Crippen LogP contribution in [0.3, 0.4) is 0 Å². The average molecular weight is 472 g/mol. The monoisotopic (exact) mass is 471 g/mol. The number of carbonyl (C=O) groups excluding carboxylic acids is 1. The fourth-order valence-corrected chi connectivity index (χ4v) is 6.64. The average Bonchev–Trinajstić information content (AvgIpc) is 3.37. The number of amides is 1. The summed E-state index contributed by atoms with van der Waals surface area (Å²) in [5.74, 6) is 1.80. The molecule has 3 aliphatic heterocycles. The van der Waals surface area contributed by atoms with E-state index in [1.165, 1.54) is 29.8 Å². The first kappa shape index (κ1) is 22.8. The zero-order valence-electron chi connectivity index (χ0n) is 20.5. The third kappa shape index (κ3) is 4.83. The molecule has 0 aliphatic carbocycles. The Balaban J connectivity index is 1.11. The van der Waals surface area contributed by atoms with Crippen molar-refractivity contribution in [3.05, 3.63) is 17.3 Å². The van der Waals surface area contributed by atoms with Crippen LogP contribution in [0, 0.1) is 11.3 Å². The molecule has 8 heteroatoms. The number of aryl methyl sites for hydroxylation is 1. The number of fused-ring (bicyclic) bond motifs is 1. The molecule has 5 rings (SSSR count). The minimum Gasteiger partial charge on any atom is -0.444 e. The lowest BCUT2D eigenvalue weighted by atomic mass is 9.78. The van der Waals surface area contributed by atoms with Crippen molar-refractivity contribution in [1.29, 1.82) is 0 Å². The second kappa shape index (κ2) is 8.69. The standard InChI is InChI=1S/C25H37N5O2S/c1-5-19-12-20-21(26-17-27-22(20)33-19)30-11-8-25(16-30)14-28(15-25)13-18-6-9-29(10-7-18)23(31)32-24(2,3)4/h12,17-18H,5-11,13-16H2,1-4H3. The van der Waals surface area contributed by atoms with Crippen molar-refractivity contribution in [1.82, 2.24) is 19.8 Å². The Morgan fingerprint density at radius 3 is 2.64 bits per heavy atom. The number of aromatic nitrogens is 2. The summed E-state index contributed by atoms with van der Waals surface area (Å²) in [7, 11) is 0. The van der Waals surface area contributed by atoms with Crippen LogP contribution in [0.5, 0.6) is 0 Å². The lowest BCUT2D eigenvalue weighted by molar-refractivity contribution is -0.00747. The summed E-state index contributed by atoms with van der Waals surface area (Å²) >= 11 is 1.80. The van der Waals surface area contributed by atoms with Crippen LogP contribution in [-0.4, -0.2) is 77.3 Å². The highest BCUT2D eigenvalue weighted by Crippen LogP contribution is 2.43. The molecule has 5 heterocycles. The number of likely N-dealkylation sites (tertiary alicyclic amines) is 2. The topological polar surface area (TPSA) is 61.8 Å². The predicted octanol–water partition coefficient (Wildman–Crippen LogP) is 4.41. The van der Waals surface area contributed by atoms with Gasteiger partial charge in [0.15, 0.2) is 0 Å². The molecule has 0 unspecified atom stereocenters. The molecule has 0 radical (unpaired) electrons. The minimum absolute atomic E-state index is 0.162. The van der Waals surface area contributed by atoms with E-state index in [1.807, 2.05) is 25.7 Å². The molecule has 1 amide bonds. The summed E-state index contributed by atoms with van der Waals surface area (Å²) in [5.41, 5.74) is -0.00752. The highest BCUT2D eigenvalue weighted by molar-refractivity contribution is 7.18. The first-order valence-electron chi connectivity index (χ1n) is 12.4. The second-order valence-corrected chi connectivity index (χ2v) is 12.3. The SMILES string of the molecule is CCc1cc2c(N3CCC4(CN(CC5CCN(C(=O)OC(C)(C)C)CC5)C4)C3)ncnc2s1. The lowest BCUT2D eigenvalue weighted by Crippen LogP contribution is -2.59.